The monoisotopic (exact) mass is 338 g/mol. The van der Waals surface area contributed by atoms with Gasteiger partial charge >= 0.3 is 0 Å². The van der Waals surface area contributed by atoms with Crippen LogP contribution in [-0.2, 0) is 4.74 Å². The van der Waals surface area contributed by atoms with Gasteiger partial charge in [-0.3, -0.25) is 4.90 Å². The van der Waals surface area contributed by atoms with Crippen molar-refractivity contribution in [1.29, 1.82) is 0 Å². The molecular weight excluding hydrogens is 312 g/mol. The number of hydrogen-bond donors (Lipinski definition) is 0. The molecule has 0 radical (unpaired) electrons. The number of nitrogens with zero attached hydrogens (tertiary/aromatic N) is 2. The summed E-state index contributed by atoms with van der Waals surface area (Å²) < 4.78 is 11.3. The quantitative estimate of drug-likeness (QED) is 0.796. The van der Waals surface area contributed by atoms with E-state index in [0.29, 0.717) is 10.9 Å². The Labute approximate surface area is 144 Å². The number of likely N-dealkylation sites (tertiary alicyclic amines) is 1. The van der Waals surface area contributed by atoms with Crippen LogP contribution in [0.5, 0.6) is 5.75 Å². The van der Waals surface area contributed by atoms with Crippen LogP contribution in [0.15, 0.2) is 24.3 Å². The smallest absolute Gasteiger partial charge is 0.137 e. The van der Waals surface area contributed by atoms with Crippen molar-refractivity contribution in [3.8, 4) is 5.75 Å². The van der Waals surface area contributed by atoms with Crippen molar-refractivity contribution in [3.63, 3.8) is 0 Å². The molecular formula is C18H27ClN2O2. The Hall–Kier alpha value is -0.810. The van der Waals surface area contributed by atoms with Crippen molar-refractivity contribution in [3.05, 3.63) is 29.3 Å². The molecule has 0 amide bonds. The van der Waals surface area contributed by atoms with E-state index in [1.54, 1.807) is 0 Å². The van der Waals surface area contributed by atoms with Crippen LogP contribution in [0.4, 0.5) is 0 Å². The van der Waals surface area contributed by atoms with Gasteiger partial charge in [-0.2, -0.15) is 0 Å². The zero-order valence-corrected chi connectivity index (χ0v) is 14.5. The fraction of sp³-hybridized carbons (Fsp3) is 0.667. The van der Waals surface area contributed by atoms with Gasteiger partial charge in [0.2, 0.25) is 0 Å². The van der Waals surface area contributed by atoms with E-state index in [1.165, 1.54) is 19.4 Å². The number of benzene rings is 1. The predicted molar refractivity (Wildman–Crippen MR) is 93.4 cm³/mol. The maximum Gasteiger partial charge on any atom is 0.137 e. The van der Waals surface area contributed by atoms with Crippen molar-refractivity contribution in [2.75, 3.05) is 59.1 Å². The molecule has 2 fully saturated rings. The third-order valence-corrected chi connectivity index (χ3v) is 5.06. The average Bonchev–Trinajstić information content (AvgIpc) is 2.61. The first kappa shape index (κ1) is 17.0. The van der Waals surface area contributed by atoms with Gasteiger partial charge in [0.25, 0.3) is 0 Å². The first-order chi connectivity index (χ1) is 11.3. The molecule has 0 spiro atoms. The average molecular weight is 339 g/mol. The van der Waals surface area contributed by atoms with E-state index < -0.39 is 0 Å². The summed E-state index contributed by atoms with van der Waals surface area (Å²) in [5.74, 6) is 1.41. The summed E-state index contributed by atoms with van der Waals surface area (Å²) in [7, 11) is 0. The normalized spacial score (nSPS) is 23.8. The van der Waals surface area contributed by atoms with Gasteiger partial charge in [-0.05, 0) is 31.5 Å². The highest BCUT2D eigenvalue weighted by Crippen LogP contribution is 2.25. The summed E-state index contributed by atoms with van der Waals surface area (Å²) >= 11 is 6.16. The molecule has 0 aromatic heterocycles. The van der Waals surface area contributed by atoms with E-state index in [9.17, 15) is 0 Å². The summed E-state index contributed by atoms with van der Waals surface area (Å²) in [5, 5.41) is 0.701. The lowest BCUT2D eigenvalue weighted by atomic mass is 9.99. The number of para-hydroxylation sites is 1. The van der Waals surface area contributed by atoms with E-state index in [4.69, 9.17) is 21.1 Å². The van der Waals surface area contributed by atoms with Crippen LogP contribution in [0.2, 0.25) is 5.02 Å². The lowest BCUT2D eigenvalue weighted by Gasteiger charge is -2.35. The third-order valence-electron chi connectivity index (χ3n) is 4.75. The van der Waals surface area contributed by atoms with Crippen molar-refractivity contribution in [1.82, 2.24) is 9.80 Å². The molecule has 2 aliphatic heterocycles. The molecule has 0 aliphatic carbocycles. The standard InChI is InChI=1S/C18H27ClN2O2/c19-17-5-1-2-6-18(17)23-15-16-4-3-7-21(14-16)9-8-20-10-12-22-13-11-20/h1-2,5-6,16H,3-4,7-15H2. The number of hydrogen-bond acceptors (Lipinski definition) is 4. The zero-order chi connectivity index (χ0) is 15.9. The fourth-order valence-electron chi connectivity index (χ4n) is 3.37. The topological polar surface area (TPSA) is 24.9 Å². The van der Waals surface area contributed by atoms with Gasteiger partial charge in [0.05, 0.1) is 24.8 Å². The number of morpholine rings is 1. The molecule has 23 heavy (non-hydrogen) atoms. The summed E-state index contributed by atoms with van der Waals surface area (Å²) in [5.41, 5.74) is 0. The van der Waals surface area contributed by atoms with Crippen molar-refractivity contribution in [2.45, 2.75) is 12.8 Å². The maximum absolute atomic E-state index is 6.16. The second-order valence-electron chi connectivity index (χ2n) is 6.50. The Morgan fingerprint density at radius 1 is 1.09 bits per heavy atom. The van der Waals surface area contributed by atoms with Crippen molar-refractivity contribution < 1.29 is 9.47 Å². The SMILES string of the molecule is Clc1ccccc1OCC1CCCN(CCN2CCOCC2)C1. The molecule has 1 aromatic rings. The van der Waals surface area contributed by atoms with Crippen LogP contribution >= 0.6 is 11.6 Å². The molecule has 0 saturated carbocycles. The molecule has 0 bridgehead atoms. The molecule has 3 rings (SSSR count). The minimum absolute atomic E-state index is 0.602. The lowest BCUT2D eigenvalue weighted by molar-refractivity contribution is 0.0297. The molecule has 1 atom stereocenters. The molecule has 1 aromatic carbocycles. The minimum Gasteiger partial charge on any atom is -0.492 e. The van der Waals surface area contributed by atoms with Crippen LogP contribution < -0.4 is 4.74 Å². The summed E-state index contributed by atoms with van der Waals surface area (Å²) in [6.45, 7) is 9.34. The van der Waals surface area contributed by atoms with Crippen LogP contribution in [0.25, 0.3) is 0 Å². The molecule has 2 heterocycles. The van der Waals surface area contributed by atoms with E-state index >= 15 is 0 Å². The second kappa shape index (κ2) is 8.88. The summed E-state index contributed by atoms with van der Waals surface area (Å²) in [6.07, 6.45) is 2.51. The van der Waals surface area contributed by atoms with Crippen molar-refractivity contribution in [2.24, 2.45) is 5.92 Å². The van der Waals surface area contributed by atoms with Gasteiger partial charge in [0.1, 0.15) is 5.75 Å². The van der Waals surface area contributed by atoms with Gasteiger partial charge in [-0.25, -0.2) is 0 Å². The van der Waals surface area contributed by atoms with Crippen LogP contribution in [0, 0.1) is 5.92 Å². The first-order valence-corrected chi connectivity index (χ1v) is 9.09. The second-order valence-corrected chi connectivity index (χ2v) is 6.91. The van der Waals surface area contributed by atoms with Crippen LogP contribution in [-0.4, -0.2) is 68.9 Å². The number of piperidine rings is 1. The highest BCUT2D eigenvalue weighted by Gasteiger charge is 2.21. The zero-order valence-electron chi connectivity index (χ0n) is 13.8. The van der Waals surface area contributed by atoms with Gasteiger partial charge in [-0.1, -0.05) is 23.7 Å². The maximum atomic E-state index is 6.16. The van der Waals surface area contributed by atoms with E-state index in [2.05, 4.69) is 9.80 Å². The van der Waals surface area contributed by atoms with E-state index in [0.717, 1.165) is 58.3 Å². The Bertz CT molecular complexity index is 480. The number of ether oxygens (including phenoxy) is 2. The van der Waals surface area contributed by atoms with Gasteiger partial charge in [-0.15, -0.1) is 0 Å². The van der Waals surface area contributed by atoms with Crippen molar-refractivity contribution >= 4 is 11.6 Å². The van der Waals surface area contributed by atoms with Gasteiger partial charge in [0.15, 0.2) is 0 Å². The Balaban J connectivity index is 1.40. The molecule has 2 saturated heterocycles. The lowest BCUT2D eigenvalue weighted by Crippen LogP contribution is -2.44. The first-order valence-electron chi connectivity index (χ1n) is 8.71. The van der Waals surface area contributed by atoms with Crippen LogP contribution in [0.1, 0.15) is 12.8 Å². The molecule has 1 unspecified atom stereocenters. The van der Waals surface area contributed by atoms with Gasteiger partial charge in [0, 0.05) is 38.6 Å². The highest BCUT2D eigenvalue weighted by atomic mass is 35.5. The molecule has 4 nitrogen and oxygen atoms in total. The minimum atomic E-state index is 0.602. The molecule has 5 heteroatoms. The number of rotatable bonds is 6. The fourth-order valence-corrected chi connectivity index (χ4v) is 3.56. The Morgan fingerprint density at radius 2 is 1.87 bits per heavy atom. The molecule has 2 aliphatic rings. The largest absolute Gasteiger partial charge is 0.492 e. The third kappa shape index (κ3) is 5.35. The Morgan fingerprint density at radius 3 is 2.70 bits per heavy atom. The van der Waals surface area contributed by atoms with E-state index in [-0.39, 0.29) is 0 Å². The summed E-state index contributed by atoms with van der Waals surface area (Å²) in [4.78, 5) is 5.09. The predicted octanol–water partition coefficient (Wildman–Crippen LogP) is 2.76. The van der Waals surface area contributed by atoms with Gasteiger partial charge < -0.3 is 14.4 Å². The molecule has 128 valence electrons. The molecule has 0 N–H and O–H groups in total. The highest BCUT2D eigenvalue weighted by molar-refractivity contribution is 6.32. The Kier molecular flexibility index (Phi) is 6.57. The number of halogens is 1. The summed E-state index contributed by atoms with van der Waals surface area (Å²) in [6, 6.07) is 7.73. The van der Waals surface area contributed by atoms with E-state index in [1.807, 2.05) is 24.3 Å². The van der Waals surface area contributed by atoms with Crippen LogP contribution in [0.3, 0.4) is 0 Å².